The lowest BCUT2D eigenvalue weighted by Gasteiger charge is -2.30. The van der Waals surface area contributed by atoms with Crippen LogP contribution in [0.25, 0.3) is 0 Å². The van der Waals surface area contributed by atoms with Gasteiger partial charge in [-0.3, -0.25) is 9.69 Å². The standard InChI is InChI=1S/C23H27FN2O3/c1-16(17-5-8-19(24)9-6-17)25(2)23(27)15-26-11-3-4-20(26)18-7-10-21-22(14-18)29-13-12-28-21/h5-10,14,16,20H,3-4,11-13,15H2,1-2H3. The highest BCUT2D eigenvalue weighted by Crippen LogP contribution is 2.38. The lowest BCUT2D eigenvalue weighted by atomic mass is 10.0. The van der Waals surface area contributed by atoms with Gasteiger partial charge in [0.25, 0.3) is 0 Å². The van der Waals surface area contributed by atoms with E-state index < -0.39 is 0 Å². The van der Waals surface area contributed by atoms with Crippen LogP contribution in [0.15, 0.2) is 42.5 Å². The summed E-state index contributed by atoms with van der Waals surface area (Å²) >= 11 is 0. The van der Waals surface area contributed by atoms with Crippen molar-refractivity contribution in [2.75, 3.05) is 33.4 Å². The predicted molar refractivity (Wildman–Crippen MR) is 109 cm³/mol. The van der Waals surface area contributed by atoms with Crippen LogP contribution in [0.4, 0.5) is 4.39 Å². The molecule has 0 spiro atoms. The van der Waals surface area contributed by atoms with Crippen molar-refractivity contribution in [3.05, 3.63) is 59.4 Å². The average molecular weight is 398 g/mol. The molecule has 2 aliphatic rings. The van der Waals surface area contributed by atoms with Crippen molar-refractivity contribution in [3.63, 3.8) is 0 Å². The molecular formula is C23H27FN2O3. The third-order valence-electron chi connectivity index (χ3n) is 5.98. The van der Waals surface area contributed by atoms with Gasteiger partial charge >= 0.3 is 0 Å². The first-order valence-electron chi connectivity index (χ1n) is 10.2. The van der Waals surface area contributed by atoms with Crippen LogP contribution >= 0.6 is 0 Å². The van der Waals surface area contributed by atoms with Crippen LogP contribution in [-0.4, -0.2) is 49.1 Å². The van der Waals surface area contributed by atoms with Gasteiger partial charge in [0.15, 0.2) is 11.5 Å². The fourth-order valence-electron chi connectivity index (χ4n) is 4.13. The van der Waals surface area contributed by atoms with Crippen molar-refractivity contribution >= 4 is 5.91 Å². The third-order valence-corrected chi connectivity index (χ3v) is 5.98. The SMILES string of the molecule is CC(c1ccc(F)cc1)N(C)C(=O)CN1CCCC1c1ccc2c(c1)OCCO2. The maximum Gasteiger partial charge on any atom is 0.237 e. The fourth-order valence-corrected chi connectivity index (χ4v) is 4.13. The highest BCUT2D eigenvalue weighted by molar-refractivity contribution is 5.78. The number of rotatable bonds is 5. The summed E-state index contributed by atoms with van der Waals surface area (Å²) in [5, 5.41) is 0. The number of nitrogens with zero attached hydrogens (tertiary/aromatic N) is 2. The molecule has 0 aromatic heterocycles. The second-order valence-corrected chi connectivity index (χ2v) is 7.76. The molecule has 0 aliphatic carbocycles. The van der Waals surface area contributed by atoms with Gasteiger partial charge in [0.2, 0.25) is 5.91 Å². The van der Waals surface area contributed by atoms with Gasteiger partial charge in [-0.15, -0.1) is 0 Å². The van der Waals surface area contributed by atoms with Crippen LogP contribution in [0.2, 0.25) is 0 Å². The number of amides is 1. The number of hydrogen-bond donors (Lipinski definition) is 0. The van der Waals surface area contributed by atoms with Crippen molar-refractivity contribution in [1.29, 1.82) is 0 Å². The number of hydrogen-bond acceptors (Lipinski definition) is 4. The molecule has 2 unspecified atom stereocenters. The average Bonchev–Trinajstić information content (AvgIpc) is 3.21. The summed E-state index contributed by atoms with van der Waals surface area (Å²) in [5.74, 6) is 1.36. The Bertz CT molecular complexity index is 871. The minimum absolute atomic E-state index is 0.0614. The molecular weight excluding hydrogens is 371 g/mol. The first kappa shape index (κ1) is 19.7. The lowest BCUT2D eigenvalue weighted by Crippen LogP contribution is -2.39. The van der Waals surface area contributed by atoms with Crippen LogP contribution in [0.1, 0.15) is 43.0 Å². The van der Waals surface area contributed by atoms with Crippen LogP contribution < -0.4 is 9.47 Å². The van der Waals surface area contributed by atoms with Gasteiger partial charge < -0.3 is 14.4 Å². The van der Waals surface area contributed by atoms with E-state index in [-0.39, 0.29) is 23.8 Å². The number of ether oxygens (including phenoxy) is 2. The van der Waals surface area contributed by atoms with Gasteiger partial charge in [-0.2, -0.15) is 0 Å². The molecule has 2 aromatic carbocycles. The fraction of sp³-hybridized carbons (Fsp3) is 0.435. The molecule has 154 valence electrons. The third kappa shape index (κ3) is 4.22. The normalized spacial score (nSPS) is 19.8. The maximum absolute atomic E-state index is 13.2. The van der Waals surface area contributed by atoms with Gasteiger partial charge in [-0.25, -0.2) is 4.39 Å². The minimum atomic E-state index is -0.269. The van der Waals surface area contributed by atoms with Gasteiger partial charge in [-0.05, 0) is 61.7 Å². The monoisotopic (exact) mass is 398 g/mol. The maximum atomic E-state index is 13.2. The molecule has 5 nitrogen and oxygen atoms in total. The Morgan fingerprint density at radius 3 is 2.66 bits per heavy atom. The molecule has 1 amide bonds. The Morgan fingerprint density at radius 1 is 1.17 bits per heavy atom. The molecule has 2 aliphatic heterocycles. The highest BCUT2D eigenvalue weighted by atomic mass is 19.1. The van der Waals surface area contributed by atoms with Crippen LogP contribution in [0.5, 0.6) is 11.5 Å². The Labute approximate surface area is 171 Å². The number of likely N-dealkylation sites (tertiary alicyclic amines) is 1. The number of benzene rings is 2. The van der Waals surface area contributed by atoms with E-state index in [1.165, 1.54) is 12.1 Å². The first-order valence-corrected chi connectivity index (χ1v) is 10.2. The van der Waals surface area contributed by atoms with E-state index in [2.05, 4.69) is 11.0 Å². The smallest absolute Gasteiger partial charge is 0.237 e. The van der Waals surface area contributed by atoms with Crippen LogP contribution in [0.3, 0.4) is 0 Å². The van der Waals surface area contributed by atoms with Gasteiger partial charge in [0, 0.05) is 13.1 Å². The number of halogens is 1. The molecule has 4 rings (SSSR count). The van der Waals surface area contributed by atoms with Crippen molar-refractivity contribution in [2.45, 2.75) is 31.8 Å². The molecule has 2 aromatic rings. The molecule has 0 radical (unpaired) electrons. The Kier molecular flexibility index (Phi) is 5.72. The van der Waals surface area contributed by atoms with E-state index >= 15 is 0 Å². The van der Waals surface area contributed by atoms with Gasteiger partial charge in [-0.1, -0.05) is 18.2 Å². The zero-order valence-corrected chi connectivity index (χ0v) is 16.9. The quantitative estimate of drug-likeness (QED) is 0.765. The highest BCUT2D eigenvalue weighted by Gasteiger charge is 2.30. The van der Waals surface area contributed by atoms with E-state index in [1.807, 2.05) is 26.1 Å². The number of carbonyl (C=O) groups is 1. The molecule has 1 fully saturated rings. The van der Waals surface area contributed by atoms with E-state index in [9.17, 15) is 9.18 Å². The summed E-state index contributed by atoms with van der Waals surface area (Å²) < 4.78 is 24.5. The number of likely N-dealkylation sites (N-methyl/N-ethyl adjacent to an activating group) is 1. The predicted octanol–water partition coefficient (Wildman–Crippen LogP) is 3.95. The van der Waals surface area contributed by atoms with Crippen molar-refractivity contribution in [3.8, 4) is 11.5 Å². The van der Waals surface area contributed by atoms with Crippen molar-refractivity contribution in [1.82, 2.24) is 9.80 Å². The minimum Gasteiger partial charge on any atom is -0.486 e. The molecule has 29 heavy (non-hydrogen) atoms. The summed E-state index contributed by atoms with van der Waals surface area (Å²) in [6, 6.07) is 12.5. The van der Waals surface area contributed by atoms with Crippen LogP contribution in [0, 0.1) is 5.82 Å². The largest absolute Gasteiger partial charge is 0.486 e. The van der Waals surface area contributed by atoms with Gasteiger partial charge in [0.05, 0.1) is 12.6 Å². The van der Waals surface area contributed by atoms with E-state index in [0.29, 0.717) is 19.8 Å². The molecule has 6 heteroatoms. The zero-order valence-electron chi connectivity index (χ0n) is 16.9. The van der Waals surface area contributed by atoms with E-state index in [1.54, 1.807) is 17.0 Å². The number of fused-ring (bicyclic) bond motifs is 1. The Hall–Kier alpha value is -2.60. The molecule has 0 N–H and O–H groups in total. The molecule has 0 bridgehead atoms. The van der Waals surface area contributed by atoms with E-state index in [4.69, 9.17) is 9.47 Å². The summed E-state index contributed by atoms with van der Waals surface area (Å²) in [5.41, 5.74) is 2.08. The van der Waals surface area contributed by atoms with Gasteiger partial charge in [0.1, 0.15) is 19.0 Å². The summed E-state index contributed by atoms with van der Waals surface area (Å²) in [6.45, 7) is 4.36. The second-order valence-electron chi connectivity index (χ2n) is 7.76. The summed E-state index contributed by atoms with van der Waals surface area (Å²) in [7, 11) is 1.81. The zero-order chi connectivity index (χ0) is 20.4. The Morgan fingerprint density at radius 2 is 1.90 bits per heavy atom. The summed E-state index contributed by atoms with van der Waals surface area (Å²) in [6.07, 6.45) is 2.08. The topological polar surface area (TPSA) is 42.0 Å². The lowest BCUT2D eigenvalue weighted by molar-refractivity contribution is -0.133. The molecule has 1 saturated heterocycles. The van der Waals surface area contributed by atoms with E-state index in [0.717, 1.165) is 42.0 Å². The molecule has 2 atom stereocenters. The first-order chi connectivity index (χ1) is 14.0. The number of carbonyl (C=O) groups excluding carboxylic acids is 1. The van der Waals surface area contributed by atoms with Crippen LogP contribution in [-0.2, 0) is 4.79 Å². The Balaban J connectivity index is 1.44. The summed E-state index contributed by atoms with van der Waals surface area (Å²) in [4.78, 5) is 16.9. The van der Waals surface area contributed by atoms with Crippen molar-refractivity contribution < 1.29 is 18.7 Å². The second kappa shape index (κ2) is 8.41. The molecule has 2 heterocycles. The van der Waals surface area contributed by atoms with Crippen molar-refractivity contribution in [2.24, 2.45) is 0 Å². The molecule has 0 saturated carbocycles.